The van der Waals surface area contributed by atoms with Crippen molar-refractivity contribution in [2.24, 2.45) is 0 Å². The van der Waals surface area contributed by atoms with Gasteiger partial charge in [-0.05, 0) is 24.3 Å². The number of hydrogen-bond acceptors (Lipinski definition) is 6. The van der Waals surface area contributed by atoms with Crippen molar-refractivity contribution < 1.29 is 44.0 Å². The zero-order valence-corrected chi connectivity index (χ0v) is 31.5. The van der Waals surface area contributed by atoms with Crippen molar-refractivity contribution in [1.82, 2.24) is 0 Å². The van der Waals surface area contributed by atoms with Gasteiger partial charge in [-0.1, -0.05) is 131 Å². The number of para-hydroxylation sites is 4. The fraction of sp³-hybridized carbons (Fsp3) is 0.211. The van der Waals surface area contributed by atoms with Gasteiger partial charge in [0.05, 0.1) is 0 Å². The fourth-order valence-electron chi connectivity index (χ4n) is 5.43. The SMILES string of the molecule is CC(C)(C)c1cc(C(C)(C)C)c(Op2oc3ccccc3c3ccccc3o2)[c-]c1Op1oc2ccccc2c2ccccc2o1.[Cl][Pd+]. The fourth-order valence-corrected chi connectivity index (χ4v) is 7.52. The van der Waals surface area contributed by atoms with Gasteiger partial charge in [0.2, 0.25) is 0 Å². The molecule has 7 aromatic rings. The molecular weight excluding hydrogens is 756 g/mol. The summed E-state index contributed by atoms with van der Waals surface area (Å²) in [5.74, 6) is 0.980. The first-order chi connectivity index (χ1) is 23.0. The number of benzene rings is 5. The molecule has 0 fully saturated rings. The number of hydrogen-bond donors (Lipinski definition) is 0. The van der Waals surface area contributed by atoms with E-state index < -0.39 is 16.5 Å². The maximum atomic E-state index is 6.65. The van der Waals surface area contributed by atoms with Crippen molar-refractivity contribution in [1.29, 1.82) is 0 Å². The van der Waals surface area contributed by atoms with Gasteiger partial charge < -0.3 is 25.8 Å². The van der Waals surface area contributed by atoms with Gasteiger partial charge in [0, 0.05) is 33.0 Å². The van der Waals surface area contributed by atoms with Crippen LogP contribution in [-0.2, 0) is 29.0 Å². The van der Waals surface area contributed by atoms with Gasteiger partial charge in [-0.15, -0.1) is 11.1 Å². The van der Waals surface area contributed by atoms with Crippen LogP contribution in [0.15, 0.2) is 120 Å². The standard InChI is InChI=1S/C38H35O6P2.ClH.Pd/c1-37(2,3)29-23-30(38(4,5)6)36(44-46-41-33-21-13-9-17-27(33)28-18-10-14-22-34(28)42-46)24-35(29)43-45-39-31-19-11-7-15-25(31)26-16-8-12-20-32(26)40-45;;/h7-23H,1-6H3;1H;/q-1;;+2/p-1. The van der Waals surface area contributed by atoms with E-state index in [0.29, 0.717) is 33.8 Å². The summed E-state index contributed by atoms with van der Waals surface area (Å²) in [6.07, 6.45) is 0. The summed E-state index contributed by atoms with van der Waals surface area (Å²) in [6, 6.07) is 37.2. The normalized spacial score (nSPS) is 11.8. The van der Waals surface area contributed by atoms with Crippen molar-refractivity contribution in [3.05, 3.63) is 120 Å². The Hall–Kier alpha value is -3.55. The Morgan fingerprint density at radius 1 is 0.500 bits per heavy atom. The average molecular weight is 792 g/mol. The summed E-state index contributed by atoms with van der Waals surface area (Å²) in [5.41, 5.74) is 4.10. The predicted molar refractivity (Wildman–Crippen MR) is 193 cm³/mol. The summed E-state index contributed by atoms with van der Waals surface area (Å²) in [5, 5.41) is 3.80. The third kappa shape index (κ3) is 7.23. The zero-order valence-electron chi connectivity index (χ0n) is 27.4. The van der Waals surface area contributed by atoms with E-state index in [1.165, 1.54) is 0 Å². The molecule has 2 aromatic heterocycles. The first kappa shape index (κ1) is 34.3. The summed E-state index contributed by atoms with van der Waals surface area (Å²) in [6.45, 7) is 12.9. The van der Waals surface area contributed by atoms with E-state index in [9.17, 15) is 0 Å². The van der Waals surface area contributed by atoms with Crippen molar-refractivity contribution in [3.8, 4) is 11.5 Å². The van der Waals surface area contributed by atoms with Crippen LogP contribution in [0.5, 0.6) is 11.5 Å². The van der Waals surface area contributed by atoms with Crippen LogP contribution in [0, 0.1) is 6.07 Å². The Labute approximate surface area is 296 Å². The average Bonchev–Trinajstić information content (AvgIpc) is 3.32. The molecule has 250 valence electrons. The third-order valence-electron chi connectivity index (χ3n) is 7.77. The Kier molecular flexibility index (Phi) is 10.1. The predicted octanol–water partition coefficient (Wildman–Crippen LogP) is 13.7. The van der Waals surface area contributed by atoms with Gasteiger partial charge in [0.1, 0.15) is 22.3 Å². The topological polar surface area (TPSA) is 71.0 Å². The molecular formula is C38H35ClO6P2Pd. The van der Waals surface area contributed by atoms with Crippen molar-refractivity contribution in [2.45, 2.75) is 52.4 Å². The van der Waals surface area contributed by atoms with E-state index in [4.69, 9.17) is 25.8 Å². The molecule has 5 aromatic carbocycles. The van der Waals surface area contributed by atoms with Gasteiger partial charge in [-0.3, -0.25) is 0 Å². The molecule has 0 saturated heterocycles. The van der Waals surface area contributed by atoms with Gasteiger partial charge in [-0.2, -0.15) is 6.07 Å². The number of halogens is 1. The summed E-state index contributed by atoms with van der Waals surface area (Å²) in [4.78, 5) is 0. The molecule has 0 aliphatic heterocycles. The number of rotatable bonds is 4. The molecule has 0 unspecified atom stereocenters. The molecule has 48 heavy (non-hydrogen) atoms. The molecule has 0 N–H and O–H groups in total. The van der Waals surface area contributed by atoms with Gasteiger partial charge in [-0.25, -0.2) is 0 Å². The minimum absolute atomic E-state index is 0.292. The van der Waals surface area contributed by atoms with Crippen molar-refractivity contribution in [3.63, 3.8) is 0 Å². The molecule has 0 saturated carbocycles. The van der Waals surface area contributed by atoms with Crippen LogP contribution in [0.1, 0.15) is 52.7 Å². The van der Waals surface area contributed by atoms with E-state index in [1.54, 1.807) is 0 Å². The third-order valence-corrected chi connectivity index (χ3v) is 9.82. The van der Waals surface area contributed by atoms with Gasteiger partial charge in [0.25, 0.3) is 0 Å². The quantitative estimate of drug-likeness (QED) is 0.131. The molecule has 0 bridgehead atoms. The molecule has 0 amide bonds. The summed E-state index contributed by atoms with van der Waals surface area (Å²) in [7, 11) is 0.692. The molecule has 0 aliphatic rings. The zero-order chi connectivity index (χ0) is 34.1. The molecule has 0 radical (unpaired) electrons. The van der Waals surface area contributed by atoms with E-state index >= 15 is 0 Å². The molecule has 10 heteroatoms. The number of fused-ring (bicyclic) bond motifs is 6. The van der Waals surface area contributed by atoms with Crippen LogP contribution in [0.25, 0.3) is 43.9 Å². The van der Waals surface area contributed by atoms with Crippen LogP contribution in [0.4, 0.5) is 0 Å². The van der Waals surface area contributed by atoms with Crippen LogP contribution in [-0.4, -0.2) is 0 Å². The van der Waals surface area contributed by atoms with E-state index in [-0.39, 0.29) is 10.8 Å². The van der Waals surface area contributed by atoms with Crippen molar-refractivity contribution >= 4 is 69.9 Å². The Morgan fingerprint density at radius 2 is 0.771 bits per heavy atom. The first-order valence-electron chi connectivity index (χ1n) is 15.3. The summed E-state index contributed by atoms with van der Waals surface area (Å²) >= 11 is 2.22. The van der Waals surface area contributed by atoms with Crippen LogP contribution < -0.4 is 9.05 Å². The summed E-state index contributed by atoms with van der Waals surface area (Å²) < 4.78 is 38.9. The molecule has 0 aliphatic carbocycles. The molecule has 0 spiro atoms. The van der Waals surface area contributed by atoms with Crippen molar-refractivity contribution in [2.75, 3.05) is 0 Å². The second-order valence-corrected chi connectivity index (χ2v) is 15.2. The second-order valence-electron chi connectivity index (χ2n) is 13.2. The maximum absolute atomic E-state index is 6.65. The Balaban J connectivity index is 0.00000197. The molecule has 2 heterocycles. The molecule has 6 nitrogen and oxygen atoms in total. The minimum atomic E-state index is -1.90. The van der Waals surface area contributed by atoms with E-state index in [1.807, 2.05) is 97.1 Å². The van der Waals surface area contributed by atoms with Crippen LogP contribution >= 0.6 is 26.0 Å². The van der Waals surface area contributed by atoms with Gasteiger partial charge >= 0.3 is 44.2 Å². The Bertz CT molecular complexity index is 2040. The first-order valence-corrected chi connectivity index (χ1v) is 19.5. The van der Waals surface area contributed by atoms with Crippen LogP contribution in [0.2, 0.25) is 0 Å². The monoisotopic (exact) mass is 790 g/mol. The van der Waals surface area contributed by atoms with E-state index in [0.717, 1.165) is 32.7 Å². The van der Waals surface area contributed by atoms with Gasteiger partial charge in [0.15, 0.2) is 0 Å². The second kappa shape index (κ2) is 14.1. The van der Waals surface area contributed by atoms with E-state index in [2.05, 4.69) is 81.4 Å². The Morgan fingerprint density at radius 3 is 1.04 bits per heavy atom. The molecule has 0 atom stereocenters. The molecule has 7 rings (SSSR count). The van der Waals surface area contributed by atoms with Crippen LogP contribution in [0.3, 0.4) is 0 Å².